The zero-order valence-electron chi connectivity index (χ0n) is 20.5. The number of anilines is 1. The lowest BCUT2D eigenvalue weighted by Crippen LogP contribution is -2.31. The van der Waals surface area contributed by atoms with E-state index in [1.54, 1.807) is 26.0 Å². The van der Waals surface area contributed by atoms with Gasteiger partial charge in [0.15, 0.2) is 10.8 Å². The maximum absolute atomic E-state index is 11.8. The summed E-state index contributed by atoms with van der Waals surface area (Å²) in [4.78, 5) is 35.9. The van der Waals surface area contributed by atoms with Gasteiger partial charge in [0, 0.05) is 17.3 Å². The highest BCUT2D eigenvalue weighted by Crippen LogP contribution is 2.37. The van der Waals surface area contributed by atoms with Gasteiger partial charge in [-0.2, -0.15) is 0 Å². The van der Waals surface area contributed by atoms with Crippen molar-refractivity contribution >= 4 is 44.5 Å². The molecule has 11 heteroatoms. The van der Waals surface area contributed by atoms with Crippen LogP contribution in [0.25, 0.3) is 0 Å². The van der Waals surface area contributed by atoms with Crippen molar-refractivity contribution < 1.29 is 24.0 Å². The third-order valence-corrected chi connectivity index (χ3v) is 5.76. The minimum atomic E-state index is -0.567. The topological polar surface area (TPSA) is 124 Å². The molecule has 10 nitrogen and oxygen atoms in total. The number of azo groups is 1. The van der Waals surface area contributed by atoms with Gasteiger partial charge in [0.05, 0.1) is 29.3 Å². The molecule has 0 spiro atoms. The van der Waals surface area contributed by atoms with E-state index in [1.807, 2.05) is 17.0 Å². The van der Waals surface area contributed by atoms with E-state index in [0.29, 0.717) is 36.7 Å². The van der Waals surface area contributed by atoms with E-state index in [-0.39, 0.29) is 28.0 Å². The lowest BCUT2D eigenvalue weighted by molar-refractivity contribution is -0.380. The van der Waals surface area contributed by atoms with E-state index in [1.165, 1.54) is 13.0 Å². The molecule has 0 radical (unpaired) electrons. The molecule has 0 saturated heterocycles. The maximum atomic E-state index is 11.8. The Bertz CT molecular complexity index is 1170. The van der Waals surface area contributed by atoms with Crippen LogP contribution in [0.1, 0.15) is 31.1 Å². The number of hydrogen-bond acceptors (Lipinski definition) is 10. The number of benzene rings is 1. The summed E-state index contributed by atoms with van der Waals surface area (Å²) < 4.78 is 10.8. The number of esters is 1. The largest absolute Gasteiger partial charge is 0.492 e. The predicted molar refractivity (Wildman–Crippen MR) is 139 cm³/mol. The highest BCUT2D eigenvalue weighted by molar-refractivity contribution is 7.19. The summed E-state index contributed by atoms with van der Waals surface area (Å²) in [5.74, 6) is -0.294. The number of rotatable bonds is 14. The van der Waals surface area contributed by atoms with E-state index in [0.717, 1.165) is 22.6 Å². The van der Waals surface area contributed by atoms with Crippen molar-refractivity contribution in [2.75, 3.05) is 31.2 Å². The first-order valence-corrected chi connectivity index (χ1v) is 11.7. The van der Waals surface area contributed by atoms with Crippen LogP contribution in [-0.2, 0) is 14.3 Å². The molecule has 0 aliphatic heterocycles. The van der Waals surface area contributed by atoms with Crippen molar-refractivity contribution in [2.45, 2.75) is 20.8 Å². The number of ketones is 1. The molecule has 2 rings (SSSR count). The molecule has 190 valence electrons. The summed E-state index contributed by atoms with van der Waals surface area (Å²) in [6.45, 7) is 17.3. The van der Waals surface area contributed by atoms with E-state index in [4.69, 9.17) is 9.47 Å². The number of ether oxygens (including phenoxy) is 2. The van der Waals surface area contributed by atoms with Crippen molar-refractivity contribution in [1.82, 2.24) is 0 Å². The average Bonchev–Trinajstić information content (AvgIpc) is 3.27. The highest BCUT2D eigenvalue weighted by Gasteiger charge is 2.19. The molecule has 0 aliphatic carbocycles. The van der Waals surface area contributed by atoms with Crippen molar-refractivity contribution in [3.8, 4) is 0 Å². The number of thiophene rings is 1. The molecule has 0 bridgehead atoms. The molecule has 0 aliphatic rings. The molecule has 2 aromatic rings. The standard InChI is InChI=1S/C25H28N4O6S/c1-16(2)19(6)34-13-11-28(12-14-35-25(31)17(3)4)21-9-7-20(8-10-21)26-27-24-22(18(5)30)15-23(36-24)29(32)33/h7-10,15H,1,3,6,11-14H2,2,4-5H3/b27-26+. The minimum Gasteiger partial charge on any atom is -0.492 e. The second kappa shape index (κ2) is 13.1. The van der Waals surface area contributed by atoms with Crippen LogP contribution >= 0.6 is 11.3 Å². The second-order valence-electron chi connectivity index (χ2n) is 7.79. The number of nitrogens with zero attached hydrogens (tertiary/aromatic N) is 4. The van der Waals surface area contributed by atoms with Gasteiger partial charge in [-0.1, -0.05) is 19.7 Å². The van der Waals surface area contributed by atoms with Crippen LogP contribution in [0.15, 0.2) is 77.2 Å². The summed E-state index contributed by atoms with van der Waals surface area (Å²) in [6.07, 6.45) is 0. The third-order valence-electron chi connectivity index (χ3n) is 4.79. The second-order valence-corrected chi connectivity index (χ2v) is 8.80. The molecule has 0 N–H and O–H groups in total. The Morgan fingerprint density at radius 3 is 2.14 bits per heavy atom. The van der Waals surface area contributed by atoms with Crippen LogP contribution in [0.4, 0.5) is 21.4 Å². The Balaban J connectivity index is 2.15. The van der Waals surface area contributed by atoms with Gasteiger partial charge in [0.1, 0.15) is 19.0 Å². The SMILES string of the molecule is C=C(C)C(=C)OCCN(CCOC(=O)C(=C)C)c1ccc(/N=N/c2sc([N+](=O)[O-])cc2C(C)=O)cc1. The number of carbonyl (C=O) groups excluding carboxylic acids is 2. The van der Waals surface area contributed by atoms with Crippen molar-refractivity contribution in [3.63, 3.8) is 0 Å². The first-order valence-electron chi connectivity index (χ1n) is 10.9. The molecule has 1 aromatic carbocycles. The summed E-state index contributed by atoms with van der Waals surface area (Å²) in [7, 11) is 0. The zero-order chi connectivity index (χ0) is 26.8. The molecule has 0 atom stereocenters. The lowest BCUT2D eigenvalue weighted by atomic mass is 10.2. The average molecular weight is 513 g/mol. The summed E-state index contributed by atoms with van der Waals surface area (Å²) in [5.41, 5.74) is 2.52. The Labute approximate surface area is 213 Å². The normalized spacial score (nSPS) is 10.6. The summed E-state index contributed by atoms with van der Waals surface area (Å²) >= 11 is 0.787. The Morgan fingerprint density at radius 2 is 1.61 bits per heavy atom. The maximum Gasteiger partial charge on any atom is 0.333 e. The Hall–Kier alpha value is -4.12. The molecule has 0 fully saturated rings. The van der Waals surface area contributed by atoms with Gasteiger partial charge < -0.3 is 14.4 Å². The molecule has 1 heterocycles. The van der Waals surface area contributed by atoms with Gasteiger partial charge in [0.2, 0.25) is 0 Å². The number of carbonyl (C=O) groups is 2. The first kappa shape index (κ1) is 28.1. The minimum absolute atomic E-state index is 0.152. The lowest BCUT2D eigenvalue weighted by Gasteiger charge is -2.25. The number of Topliss-reactive ketones (excluding diaryl/α,β-unsaturated/α-hetero) is 1. The van der Waals surface area contributed by atoms with Gasteiger partial charge >= 0.3 is 11.0 Å². The van der Waals surface area contributed by atoms with Crippen molar-refractivity contribution in [1.29, 1.82) is 0 Å². The van der Waals surface area contributed by atoms with E-state index < -0.39 is 10.9 Å². The quantitative estimate of drug-likeness (QED) is 0.0425. The molecule has 0 amide bonds. The van der Waals surface area contributed by atoms with Crippen LogP contribution in [0, 0.1) is 10.1 Å². The number of allylic oxidation sites excluding steroid dienone is 1. The highest BCUT2D eigenvalue weighted by atomic mass is 32.1. The summed E-state index contributed by atoms with van der Waals surface area (Å²) in [6, 6.07) is 8.26. The van der Waals surface area contributed by atoms with Gasteiger partial charge in [-0.3, -0.25) is 14.9 Å². The first-order chi connectivity index (χ1) is 17.0. The molecular weight excluding hydrogens is 484 g/mol. The van der Waals surface area contributed by atoms with E-state index in [9.17, 15) is 19.7 Å². The van der Waals surface area contributed by atoms with Crippen LogP contribution in [0.3, 0.4) is 0 Å². The van der Waals surface area contributed by atoms with E-state index >= 15 is 0 Å². The zero-order valence-corrected chi connectivity index (χ0v) is 21.3. The molecule has 0 saturated carbocycles. The van der Waals surface area contributed by atoms with Crippen molar-refractivity contribution in [3.05, 3.63) is 82.7 Å². The third kappa shape index (κ3) is 8.27. The number of hydrogen-bond donors (Lipinski definition) is 0. The van der Waals surface area contributed by atoms with Crippen molar-refractivity contribution in [2.24, 2.45) is 10.2 Å². The number of nitro groups is 1. The van der Waals surface area contributed by atoms with Crippen LogP contribution < -0.4 is 4.90 Å². The Morgan fingerprint density at radius 1 is 1.00 bits per heavy atom. The summed E-state index contributed by atoms with van der Waals surface area (Å²) in [5, 5.41) is 19.2. The van der Waals surface area contributed by atoms with Crippen LogP contribution in [-0.4, -0.2) is 43.0 Å². The molecule has 36 heavy (non-hydrogen) atoms. The van der Waals surface area contributed by atoms with Gasteiger partial charge in [-0.05, 0) is 61.9 Å². The predicted octanol–water partition coefficient (Wildman–Crippen LogP) is 6.31. The van der Waals surface area contributed by atoms with E-state index in [2.05, 4.69) is 30.0 Å². The van der Waals surface area contributed by atoms with Crippen LogP contribution in [0.2, 0.25) is 0 Å². The fourth-order valence-electron chi connectivity index (χ4n) is 2.76. The fourth-order valence-corrected chi connectivity index (χ4v) is 3.61. The monoisotopic (exact) mass is 512 g/mol. The molecular formula is C25H28N4O6S. The molecule has 1 aromatic heterocycles. The Kier molecular flexibility index (Phi) is 10.2. The van der Waals surface area contributed by atoms with Gasteiger partial charge in [-0.25, -0.2) is 4.79 Å². The smallest absolute Gasteiger partial charge is 0.333 e. The van der Waals surface area contributed by atoms with Crippen LogP contribution in [0.5, 0.6) is 0 Å². The van der Waals surface area contributed by atoms with Gasteiger partial charge in [-0.15, -0.1) is 10.2 Å². The fraction of sp³-hybridized carbons (Fsp3) is 0.280. The molecule has 0 unspecified atom stereocenters. The van der Waals surface area contributed by atoms with Gasteiger partial charge in [0.25, 0.3) is 0 Å².